The van der Waals surface area contributed by atoms with Crippen molar-refractivity contribution < 1.29 is 0 Å². The van der Waals surface area contributed by atoms with E-state index in [-0.39, 0.29) is 0 Å². The Morgan fingerprint density at radius 1 is 0.905 bits per heavy atom. The molecule has 0 saturated heterocycles. The lowest BCUT2D eigenvalue weighted by atomic mass is 10.0. The number of hydrogen-bond acceptors (Lipinski definition) is 2. The van der Waals surface area contributed by atoms with Crippen molar-refractivity contribution in [2.75, 3.05) is 0 Å². The zero-order valence-corrected chi connectivity index (χ0v) is 11.2. The fourth-order valence-corrected chi connectivity index (χ4v) is 2.75. The lowest BCUT2D eigenvalue weighted by Gasteiger charge is -2.11. The highest BCUT2D eigenvalue weighted by molar-refractivity contribution is 5.94. The SMILES string of the molecule is N#Cc1ccc2ccccc2c1-n1ccc2cccnc21. The minimum atomic E-state index is 0.650. The Kier molecular flexibility index (Phi) is 2.48. The second-order valence-electron chi connectivity index (χ2n) is 4.90. The molecule has 0 atom stereocenters. The Balaban J connectivity index is 2.17. The molecule has 0 N–H and O–H groups in total. The first-order valence-electron chi connectivity index (χ1n) is 6.73. The molecule has 2 heterocycles. The van der Waals surface area contributed by atoms with Crippen molar-refractivity contribution in [3.63, 3.8) is 0 Å². The van der Waals surface area contributed by atoms with Crippen LogP contribution in [0.25, 0.3) is 27.5 Å². The van der Waals surface area contributed by atoms with E-state index in [1.54, 1.807) is 6.20 Å². The molecule has 3 heteroatoms. The molecule has 2 aromatic heterocycles. The van der Waals surface area contributed by atoms with Gasteiger partial charge in [0, 0.05) is 23.2 Å². The topological polar surface area (TPSA) is 41.6 Å². The third-order valence-electron chi connectivity index (χ3n) is 3.71. The van der Waals surface area contributed by atoms with Gasteiger partial charge in [0.05, 0.1) is 11.3 Å². The van der Waals surface area contributed by atoms with Gasteiger partial charge in [-0.1, -0.05) is 30.3 Å². The Morgan fingerprint density at radius 3 is 2.67 bits per heavy atom. The molecule has 0 radical (unpaired) electrons. The molecule has 0 bridgehead atoms. The zero-order valence-electron chi connectivity index (χ0n) is 11.2. The van der Waals surface area contributed by atoms with E-state index in [0.29, 0.717) is 5.56 Å². The van der Waals surface area contributed by atoms with E-state index < -0.39 is 0 Å². The molecule has 0 amide bonds. The number of nitrogens with zero attached hydrogens (tertiary/aromatic N) is 3. The largest absolute Gasteiger partial charge is 0.299 e. The lowest BCUT2D eigenvalue weighted by Crippen LogP contribution is -1.98. The summed E-state index contributed by atoms with van der Waals surface area (Å²) in [6.45, 7) is 0. The number of hydrogen-bond donors (Lipinski definition) is 0. The van der Waals surface area contributed by atoms with Crippen LogP contribution in [0.4, 0.5) is 0 Å². The van der Waals surface area contributed by atoms with Gasteiger partial charge in [-0.05, 0) is 29.7 Å². The quantitative estimate of drug-likeness (QED) is 0.523. The van der Waals surface area contributed by atoms with Crippen LogP contribution in [0.3, 0.4) is 0 Å². The highest BCUT2D eigenvalue weighted by atomic mass is 15.0. The van der Waals surface area contributed by atoms with Gasteiger partial charge in [-0.2, -0.15) is 5.26 Å². The predicted molar refractivity (Wildman–Crippen MR) is 83.3 cm³/mol. The molecule has 4 aromatic rings. The van der Waals surface area contributed by atoms with Crippen LogP contribution in [0.1, 0.15) is 5.56 Å². The maximum Gasteiger partial charge on any atom is 0.144 e. The van der Waals surface area contributed by atoms with Gasteiger partial charge in [0.25, 0.3) is 0 Å². The summed E-state index contributed by atoms with van der Waals surface area (Å²) < 4.78 is 2.00. The number of rotatable bonds is 1. The molecule has 0 spiro atoms. The van der Waals surface area contributed by atoms with Crippen LogP contribution in [0, 0.1) is 11.3 Å². The lowest BCUT2D eigenvalue weighted by molar-refractivity contribution is 1.10. The third kappa shape index (κ3) is 1.70. The van der Waals surface area contributed by atoms with Crippen molar-refractivity contribution in [1.29, 1.82) is 5.26 Å². The van der Waals surface area contributed by atoms with Crippen LogP contribution in [0.2, 0.25) is 0 Å². The minimum Gasteiger partial charge on any atom is -0.299 e. The summed E-state index contributed by atoms with van der Waals surface area (Å²) >= 11 is 0. The second-order valence-corrected chi connectivity index (χ2v) is 4.90. The van der Waals surface area contributed by atoms with E-state index in [2.05, 4.69) is 17.1 Å². The van der Waals surface area contributed by atoms with E-state index in [1.165, 1.54) is 0 Å². The van der Waals surface area contributed by atoms with E-state index in [9.17, 15) is 5.26 Å². The van der Waals surface area contributed by atoms with Crippen LogP contribution in [0.5, 0.6) is 0 Å². The van der Waals surface area contributed by atoms with Crippen LogP contribution in [-0.2, 0) is 0 Å². The van der Waals surface area contributed by atoms with Crippen molar-refractivity contribution in [3.8, 4) is 11.8 Å². The molecule has 98 valence electrons. The van der Waals surface area contributed by atoms with Crippen LogP contribution in [-0.4, -0.2) is 9.55 Å². The van der Waals surface area contributed by atoms with Gasteiger partial charge < -0.3 is 0 Å². The number of benzene rings is 2. The minimum absolute atomic E-state index is 0.650. The first kappa shape index (κ1) is 11.7. The summed E-state index contributed by atoms with van der Waals surface area (Å²) in [4.78, 5) is 4.45. The Morgan fingerprint density at radius 2 is 1.76 bits per heavy atom. The average Bonchev–Trinajstić information content (AvgIpc) is 2.97. The maximum absolute atomic E-state index is 9.47. The van der Waals surface area contributed by atoms with E-state index in [4.69, 9.17) is 0 Å². The average molecular weight is 269 g/mol. The first-order chi connectivity index (χ1) is 10.4. The molecule has 3 nitrogen and oxygen atoms in total. The summed E-state index contributed by atoms with van der Waals surface area (Å²) in [7, 11) is 0. The highest BCUT2D eigenvalue weighted by Gasteiger charge is 2.12. The van der Waals surface area contributed by atoms with Gasteiger partial charge in [-0.25, -0.2) is 4.98 Å². The summed E-state index contributed by atoms with van der Waals surface area (Å²) in [5.74, 6) is 0. The zero-order chi connectivity index (χ0) is 14.2. The summed E-state index contributed by atoms with van der Waals surface area (Å²) in [5.41, 5.74) is 2.41. The van der Waals surface area contributed by atoms with Crippen LogP contribution in [0.15, 0.2) is 67.0 Å². The van der Waals surface area contributed by atoms with Gasteiger partial charge >= 0.3 is 0 Å². The normalized spacial score (nSPS) is 10.8. The molecule has 2 aromatic carbocycles. The van der Waals surface area contributed by atoms with Gasteiger partial charge in [-0.15, -0.1) is 0 Å². The van der Waals surface area contributed by atoms with Crippen molar-refractivity contribution >= 4 is 21.8 Å². The fourth-order valence-electron chi connectivity index (χ4n) is 2.75. The van der Waals surface area contributed by atoms with Gasteiger partial charge in [0.2, 0.25) is 0 Å². The number of pyridine rings is 1. The van der Waals surface area contributed by atoms with E-state index >= 15 is 0 Å². The number of fused-ring (bicyclic) bond motifs is 2. The second kappa shape index (κ2) is 4.46. The van der Waals surface area contributed by atoms with Crippen molar-refractivity contribution in [3.05, 3.63) is 72.6 Å². The molecule has 0 saturated carbocycles. The Hall–Kier alpha value is -3.12. The summed E-state index contributed by atoms with van der Waals surface area (Å²) in [5, 5.41) is 12.7. The molecular weight excluding hydrogens is 258 g/mol. The smallest absolute Gasteiger partial charge is 0.144 e. The molecule has 0 unspecified atom stereocenters. The number of aromatic nitrogens is 2. The number of nitriles is 1. The van der Waals surface area contributed by atoms with Crippen molar-refractivity contribution in [2.24, 2.45) is 0 Å². The molecule has 0 fully saturated rings. The molecule has 0 aliphatic carbocycles. The molecule has 0 aliphatic heterocycles. The van der Waals surface area contributed by atoms with Gasteiger partial charge in [-0.3, -0.25) is 4.57 Å². The monoisotopic (exact) mass is 269 g/mol. The van der Waals surface area contributed by atoms with Gasteiger partial charge in [0.1, 0.15) is 11.7 Å². The van der Waals surface area contributed by atoms with E-state index in [1.807, 2.05) is 59.3 Å². The third-order valence-corrected chi connectivity index (χ3v) is 3.71. The van der Waals surface area contributed by atoms with Crippen molar-refractivity contribution in [2.45, 2.75) is 0 Å². The maximum atomic E-state index is 9.47. The first-order valence-corrected chi connectivity index (χ1v) is 6.73. The van der Waals surface area contributed by atoms with Crippen LogP contribution < -0.4 is 0 Å². The molecule has 21 heavy (non-hydrogen) atoms. The summed E-state index contributed by atoms with van der Waals surface area (Å²) in [6, 6.07) is 20.2. The summed E-state index contributed by atoms with van der Waals surface area (Å²) in [6.07, 6.45) is 3.75. The van der Waals surface area contributed by atoms with Crippen LogP contribution >= 0.6 is 0 Å². The molecule has 0 aliphatic rings. The molecule has 4 rings (SSSR count). The van der Waals surface area contributed by atoms with Gasteiger partial charge in [0.15, 0.2) is 0 Å². The standard InChI is InChI=1S/C18H11N3/c19-12-15-8-7-13-4-1-2-6-16(13)17(15)21-11-9-14-5-3-10-20-18(14)21/h1-11H. The Labute approximate surface area is 121 Å². The van der Waals surface area contributed by atoms with E-state index in [0.717, 1.165) is 27.5 Å². The Bertz CT molecular complexity index is 1010. The predicted octanol–water partition coefficient (Wildman–Crippen LogP) is 4.05. The molecular formula is C18H11N3. The highest BCUT2D eigenvalue weighted by Crippen LogP contribution is 2.28. The fraction of sp³-hybridized carbons (Fsp3) is 0. The van der Waals surface area contributed by atoms with Crippen molar-refractivity contribution in [1.82, 2.24) is 9.55 Å².